The number of hydrogen-bond donors (Lipinski definition) is 3. The van der Waals surface area contributed by atoms with Gasteiger partial charge in [-0.15, -0.1) is 0 Å². The van der Waals surface area contributed by atoms with Gasteiger partial charge in [-0.3, -0.25) is 4.98 Å². The first-order valence-electron chi connectivity index (χ1n) is 6.20. The average Bonchev–Trinajstić information content (AvgIpc) is 2.68. The van der Waals surface area contributed by atoms with Gasteiger partial charge in [-0.05, 0) is 43.7 Å². The molecule has 2 heterocycles. The number of H-pyrrole nitrogens is 1. The van der Waals surface area contributed by atoms with E-state index in [2.05, 4.69) is 41.3 Å². The van der Waals surface area contributed by atoms with E-state index in [1.807, 2.05) is 6.07 Å². The third kappa shape index (κ3) is 2.01. The van der Waals surface area contributed by atoms with Crippen molar-refractivity contribution >= 4 is 28.0 Å². The largest absolute Gasteiger partial charge is 0.397 e. The summed E-state index contributed by atoms with van der Waals surface area (Å²) < 4.78 is 0. The minimum absolute atomic E-state index is 0.692. The third-order valence-electron chi connectivity index (χ3n) is 3.44. The van der Waals surface area contributed by atoms with Gasteiger partial charge in [0.1, 0.15) is 0 Å². The van der Waals surface area contributed by atoms with Crippen LogP contribution in [0.5, 0.6) is 0 Å². The van der Waals surface area contributed by atoms with Crippen molar-refractivity contribution in [3.05, 3.63) is 47.9 Å². The molecule has 0 amide bonds. The van der Waals surface area contributed by atoms with Gasteiger partial charge in [0.2, 0.25) is 0 Å². The molecule has 19 heavy (non-hydrogen) atoms. The Labute approximate surface area is 111 Å². The monoisotopic (exact) mass is 252 g/mol. The number of anilines is 3. The molecule has 0 aliphatic rings. The summed E-state index contributed by atoms with van der Waals surface area (Å²) in [7, 11) is 0. The highest BCUT2D eigenvalue weighted by Crippen LogP contribution is 2.27. The molecule has 0 atom stereocenters. The third-order valence-corrected chi connectivity index (χ3v) is 3.44. The lowest BCUT2D eigenvalue weighted by Gasteiger charge is -2.08. The van der Waals surface area contributed by atoms with Gasteiger partial charge in [0.15, 0.2) is 0 Å². The highest BCUT2D eigenvalue weighted by atomic mass is 14.9. The summed E-state index contributed by atoms with van der Waals surface area (Å²) in [6, 6.07) is 8.02. The zero-order chi connectivity index (χ0) is 13.4. The van der Waals surface area contributed by atoms with E-state index in [0.29, 0.717) is 5.69 Å². The number of benzene rings is 1. The van der Waals surface area contributed by atoms with Gasteiger partial charge in [0, 0.05) is 28.5 Å². The molecule has 0 aliphatic carbocycles. The number of aromatic amines is 1. The molecule has 96 valence electrons. The number of aromatic nitrogens is 2. The molecule has 0 saturated carbocycles. The molecular weight excluding hydrogens is 236 g/mol. The van der Waals surface area contributed by atoms with Gasteiger partial charge in [-0.2, -0.15) is 0 Å². The van der Waals surface area contributed by atoms with E-state index >= 15 is 0 Å². The Balaban J connectivity index is 2.02. The Morgan fingerprint density at radius 2 is 2.05 bits per heavy atom. The van der Waals surface area contributed by atoms with Crippen LogP contribution in [0, 0.1) is 13.8 Å². The Bertz CT molecular complexity index is 743. The number of fused-ring (bicyclic) bond motifs is 1. The zero-order valence-electron chi connectivity index (χ0n) is 11.0. The molecule has 4 N–H and O–H groups in total. The number of rotatable bonds is 2. The van der Waals surface area contributed by atoms with E-state index < -0.39 is 0 Å². The lowest BCUT2D eigenvalue weighted by molar-refractivity contribution is 1.25. The fourth-order valence-electron chi connectivity index (χ4n) is 2.20. The van der Waals surface area contributed by atoms with Crippen LogP contribution >= 0.6 is 0 Å². The van der Waals surface area contributed by atoms with Crippen molar-refractivity contribution in [3.8, 4) is 0 Å². The van der Waals surface area contributed by atoms with E-state index in [9.17, 15) is 0 Å². The molecular formula is C15H16N4. The number of nitrogens with zero attached hydrogens (tertiary/aromatic N) is 1. The van der Waals surface area contributed by atoms with Crippen LogP contribution in [0.2, 0.25) is 0 Å². The van der Waals surface area contributed by atoms with Crippen molar-refractivity contribution in [2.75, 3.05) is 11.1 Å². The molecule has 0 spiro atoms. The van der Waals surface area contributed by atoms with Crippen LogP contribution in [-0.2, 0) is 0 Å². The topological polar surface area (TPSA) is 66.7 Å². The Hall–Kier alpha value is -2.49. The number of aryl methyl sites for hydroxylation is 2. The summed E-state index contributed by atoms with van der Waals surface area (Å²) in [6.45, 7) is 4.21. The number of nitrogen functional groups attached to an aromatic ring is 1. The molecule has 2 aromatic heterocycles. The quantitative estimate of drug-likeness (QED) is 0.654. The van der Waals surface area contributed by atoms with E-state index in [-0.39, 0.29) is 0 Å². The van der Waals surface area contributed by atoms with E-state index in [0.717, 1.165) is 16.9 Å². The van der Waals surface area contributed by atoms with Crippen LogP contribution in [0.25, 0.3) is 10.9 Å². The minimum Gasteiger partial charge on any atom is -0.397 e. The average molecular weight is 252 g/mol. The van der Waals surface area contributed by atoms with Crippen molar-refractivity contribution < 1.29 is 0 Å². The molecule has 3 rings (SSSR count). The summed E-state index contributed by atoms with van der Waals surface area (Å²) >= 11 is 0. The predicted octanol–water partition coefficient (Wildman–Crippen LogP) is 3.51. The van der Waals surface area contributed by atoms with Crippen LogP contribution < -0.4 is 11.1 Å². The predicted molar refractivity (Wildman–Crippen MR) is 79.7 cm³/mol. The number of nitrogens with one attached hydrogen (secondary N) is 2. The second-order valence-electron chi connectivity index (χ2n) is 4.72. The van der Waals surface area contributed by atoms with Crippen LogP contribution in [-0.4, -0.2) is 9.97 Å². The number of nitrogens with two attached hydrogens (primary N) is 1. The number of pyridine rings is 1. The van der Waals surface area contributed by atoms with E-state index in [1.54, 1.807) is 18.5 Å². The summed E-state index contributed by atoms with van der Waals surface area (Å²) in [4.78, 5) is 7.44. The smallest absolute Gasteiger partial charge is 0.0804 e. The Morgan fingerprint density at radius 3 is 2.84 bits per heavy atom. The highest BCUT2D eigenvalue weighted by molar-refractivity contribution is 5.88. The standard InChI is InChI=1S/C15H16N4/c1-9-10(2)18-14-4-3-11(7-12(9)14)19-15-8-17-6-5-13(15)16/h3-8,18-19H,1-2H3,(H2,16,17). The molecule has 0 fully saturated rings. The molecule has 0 unspecified atom stereocenters. The van der Waals surface area contributed by atoms with Crippen LogP contribution in [0.1, 0.15) is 11.3 Å². The van der Waals surface area contributed by atoms with Gasteiger partial charge in [-0.25, -0.2) is 0 Å². The fourth-order valence-corrected chi connectivity index (χ4v) is 2.20. The van der Waals surface area contributed by atoms with Crippen molar-refractivity contribution in [2.24, 2.45) is 0 Å². The molecule has 4 heteroatoms. The fraction of sp³-hybridized carbons (Fsp3) is 0.133. The maximum atomic E-state index is 5.91. The van der Waals surface area contributed by atoms with Crippen LogP contribution in [0.4, 0.5) is 17.1 Å². The second kappa shape index (κ2) is 4.31. The molecule has 1 aromatic carbocycles. The van der Waals surface area contributed by atoms with E-state index in [1.165, 1.54) is 16.6 Å². The maximum absolute atomic E-state index is 5.91. The van der Waals surface area contributed by atoms with Gasteiger partial charge in [0.05, 0.1) is 17.6 Å². The first-order valence-corrected chi connectivity index (χ1v) is 6.20. The molecule has 0 bridgehead atoms. The minimum atomic E-state index is 0.692. The second-order valence-corrected chi connectivity index (χ2v) is 4.72. The molecule has 0 radical (unpaired) electrons. The Kier molecular flexibility index (Phi) is 2.63. The molecule has 3 aromatic rings. The lowest BCUT2D eigenvalue weighted by atomic mass is 10.1. The maximum Gasteiger partial charge on any atom is 0.0804 e. The van der Waals surface area contributed by atoms with Gasteiger partial charge in [0.25, 0.3) is 0 Å². The van der Waals surface area contributed by atoms with Crippen molar-refractivity contribution in [2.45, 2.75) is 13.8 Å². The first-order chi connectivity index (χ1) is 9.15. The van der Waals surface area contributed by atoms with E-state index in [4.69, 9.17) is 5.73 Å². The molecule has 0 saturated heterocycles. The first kappa shape index (κ1) is 11.6. The van der Waals surface area contributed by atoms with Crippen molar-refractivity contribution in [1.82, 2.24) is 9.97 Å². The molecule has 4 nitrogen and oxygen atoms in total. The van der Waals surface area contributed by atoms with Crippen LogP contribution in [0.3, 0.4) is 0 Å². The number of hydrogen-bond acceptors (Lipinski definition) is 3. The van der Waals surface area contributed by atoms with Crippen LogP contribution in [0.15, 0.2) is 36.7 Å². The van der Waals surface area contributed by atoms with Gasteiger partial charge < -0.3 is 16.0 Å². The Morgan fingerprint density at radius 1 is 1.21 bits per heavy atom. The summed E-state index contributed by atoms with van der Waals surface area (Å²) in [6.07, 6.45) is 3.41. The van der Waals surface area contributed by atoms with Crippen molar-refractivity contribution in [3.63, 3.8) is 0 Å². The normalized spacial score (nSPS) is 10.8. The zero-order valence-corrected chi connectivity index (χ0v) is 11.0. The lowest BCUT2D eigenvalue weighted by Crippen LogP contribution is -1.96. The van der Waals surface area contributed by atoms with Gasteiger partial charge in [-0.1, -0.05) is 0 Å². The summed E-state index contributed by atoms with van der Waals surface area (Å²) in [5.41, 5.74) is 12.1. The van der Waals surface area contributed by atoms with Crippen molar-refractivity contribution in [1.29, 1.82) is 0 Å². The molecule has 0 aliphatic heterocycles. The SMILES string of the molecule is Cc1[nH]c2ccc(Nc3cnccc3N)cc2c1C. The summed E-state index contributed by atoms with van der Waals surface area (Å²) in [5.74, 6) is 0. The van der Waals surface area contributed by atoms with Gasteiger partial charge >= 0.3 is 0 Å². The highest BCUT2D eigenvalue weighted by Gasteiger charge is 2.06. The summed E-state index contributed by atoms with van der Waals surface area (Å²) in [5, 5.41) is 4.53.